The van der Waals surface area contributed by atoms with E-state index in [2.05, 4.69) is 33.3 Å². The first-order valence-corrected chi connectivity index (χ1v) is 15.8. The van der Waals surface area contributed by atoms with Gasteiger partial charge in [-0.1, -0.05) is 43.4 Å². The van der Waals surface area contributed by atoms with Crippen LogP contribution in [0.3, 0.4) is 0 Å². The first-order chi connectivity index (χ1) is 17.5. The van der Waals surface area contributed by atoms with Crippen LogP contribution in [0.15, 0.2) is 54.7 Å². The number of nitrogens with zero attached hydrogens (tertiary/aromatic N) is 3. The first kappa shape index (κ1) is 26.8. The SMILES string of the molecule is C[C@@H](NC(=O)c1ccnc(N2CC[Si](C)(C)CC2)n1)c1ccc(-c2cc(C(F)(F)F)ccc2CN)cc1. The number of carbonyl (C=O) groups is 1. The summed E-state index contributed by atoms with van der Waals surface area (Å²) in [5.41, 5.74) is 7.86. The van der Waals surface area contributed by atoms with Gasteiger partial charge < -0.3 is 16.0 Å². The normalized spacial score (nSPS) is 16.4. The quantitative estimate of drug-likeness (QED) is 0.405. The van der Waals surface area contributed by atoms with Gasteiger partial charge in [-0.3, -0.25) is 4.79 Å². The van der Waals surface area contributed by atoms with E-state index < -0.39 is 19.8 Å². The highest BCUT2D eigenvalue weighted by Gasteiger charge is 2.31. The van der Waals surface area contributed by atoms with Crippen molar-refractivity contribution >= 4 is 19.9 Å². The maximum Gasteiger partial charge on any atom is 0.416 e. The average Bonchev–Trinajstić information content (AvgIpc) is 2.88. The summed E-state index contributed by atoms with van der Waals surface area (Å²) in [4.78, 5) is 24.0. The number of aromatic nitrogens is 2. The van der Waals surface area contributed by atoms with Crippen LogP contribution in [-0.4, -0.2) is 37.0 Å². The average molecular weight is 528 g/mol. The van der Waals surface area contributed by atoms with Crippen LogP contribution < -0.4 is 16.0 Å². The summed E-state index contributed by atoms with van der Waals surface area (Å²) in [5, 5.41) is 2.96. The highest BCUT2D eigenvalue weighted by Crippen LogP contribution is 2.34. The van der Waals surface area contributed by atoms with E-state index >= 15 is 0 Å². The van der Waals surface area contributed by atoms with Crippen molar-refractivity contribution in [3.63, 3.8) is 0 Å². The van der Waals surface area contributed by atoms with Gasteiger partial charge in [0.05, 0.1) is 19.7 Å². The summed E-state index contributed by atoms with van der Waals surface area (Å²) in [6, 6.07) is 14.3. The van der Waals surface area contributed by atoms with E-state index in [0.29, 0.717) is 28.3 Å². The number of amides is 1. The van der Waals surface area contributed by atoms with Crippen LogP contribution in [0.4, 0.5) is 19.1 Å². The van der Waals surface area contributed by atoms with Crippen molar-refractivity contribution in [2.75, 3.05) is 18.0 Å². The Morgan fingerprint density at radius 3 is 2.41 bits per heavy atom. The predicted molar refractivity (Wildman–Crippen MR) is 142 cm³/mol. The Morgan fingerprint density at radius 1 is 1.11 bits per heavy atom. The molecule has 196 valence electrons. The summed E-state index contributed by atoms with van der Waals surface area (Å²) in [6.45, 7) is 8.57. The molecule has 2 aromatic carbocycles. The van der Waals surface area contributed by atoms with Gasteiger partial charge in [-0.05, 0) is 59.5 Å². The number of hydrogen-bond donors (Lipinski definition) is 2. The van der Waals surface area contributed by atoms with Crippen molar-refractivity contribution in [1.82, 2.24) is 15.3 Å². The lowest BCUT2D eigenvalue weighted by molar-refractivity contribution is -0.137. The smallest absolute Gasteiger partial charge is 0.344 e. The fourth-order valence-electron chi connectivity index (χ4n) is 4.44. The summed E-state index contributed by atoms with van der Waals surface area (Å²) in [6.07, 6.45) is -2.83. The summed E-state index contributed by atoms with van der Waals surface area (Å²) in [5.74, 6) is 0.265. The molecule has 0 spiro atoms. The maximum absolute atomic E-state index is 13.2. The molecule has 0 aliphatic carbocycles. The molecule has 1 fully saturated rings. The Labute approximate surface area is 216 Å². The molecule has 1 aromatic heterocycles. The van der Waals surface area contributed by atoms with Crippen molar-refractivity contribution in [3.05, 3.63) is 77.1 Å². The topological polar surface area (TPSA) is 84.1 Å². The summed E-state index contributed by atoms with van der Waals surface area (Å²) < 4.78 is 39.7. The number of halogens is 3. The molecule has 10 heteroatoms. The molecule has 0 bridgehead atoms. The van der Waals surface area contributed by atoms with Crippen LogP contribution in [-0.2, 0) is 12.7 Å². The molecular weight excluding hydrogens is 495 g/mol. The number of nitrogens with one attached hydrogen (secondary N) is 1. The van der Waals surface area contributed by atoms with Crippen LogP contribution in [0.5, 0.6) is 0 Å². The molecule has 3 N–H and O–H groups in total. The fraction of sp³-hybridized carbons (Fsp3) is 0.370. The van der Waals surface area contributed by atoms with E-state index in [1.807, 2.05) is 6.92 Å². The molecule has 1 aliphatic rings. The number of alkyl halides is 3. The zero-order valence-electron chi connectivity index (χ0n) is 21.3. The van der Waals surface area contributed by atoms with E-state index in [0.717, 1.165) is 30.8 Å². The lowest BCUT2D eigenvalue weighted by Crippen LogP contribution is -2.43. The molecule has 0 saturated carbocycles. The Bertz CT molecular complexity index is 1250. The van der Waals surface area contributed by atoms with Crippen molar-refractivity contribution in [2.24, 2.45) is 5.73 Å². The molecule has 3 aromatic rings. The van der Waals surface area contributed by atoms with Crippen molar-refractivity contribution in [2.45, 2.75) is 50.9 Å². The predicted octanol–water partition coefficient (Wildman–Crippen LogP) is 5.64. The molecule has 1 aliphatic heterocycles. The second kappa shape index (κ2) is 10.6. The Hall–Kier alpha value is -3.24. The van der Waals surface area contributed by atoms with Gasteiger partial charge in [0.25, 0.3) is 5.91 Å². The molecule has 4 rings (SSSR count). The third-order valence-electron chi connectivity index (χ3n) is 7.00. The minimum absolute atomic E-state index is 0.125. The lowest BCUT2D eigenvalue weighted by atomic mass is 9.95. The third kappa shape index (κ3) is 6.37. The van der Waals surface area contributed by atoms with E-state index in [1.54, 1.807) is 36.5 Å². The van der Waals surface area contributed by atoms with Gasteiger partial charge in [0.1, 0.15) is 5.69 Å². The van der Waals surface area contributed by atoms with E-state index in [4.69, 9.17) is 5.73 Å². The molecule has 6 nitrogen and oxygen atoms in total. The zero-order valence-corrected chi connectivity index (χ0v) is 22.3. The van der Waals surface area contributed by atoms with Gasteiger partial charge in [0.15, 0.2) is 0 Å². The molecule has 1 amide bonds. The van der Waals surface area contributed by atoms with Crippen LogP contribution in [0.1, 0.15) is 40.1 Å². The van der Waals surface area contributed by atoms with E-state index in [-0.39, 0.29) is 18.5 Å². The summed E-state index contributed by atoms with van der Waals surface area (Å²) >= 11 is 0. The van der Waals surface area contributed by atoms with Crippen molar-refractivity contribution in [1.29, 1.82) is 0 Å². The minimum Gasteiger partial charge on any atom is -0.344 e. The highest BCUT2D eigenvalue weighted by molar-refractivity contribution is 6.77. The first-order valence-electron chi connectivity index (χ1n) is 12.4. The Kier molecular flexibility index (Phi) is 7.70. The number of benzene rings is 2. The molecule has 0 unspecified atom stereocenters. The summed E-state index contributed by atoms with van der Waals surface area (Å²) in [7, 11) is -1.14. The Balaban J connectivity index is 1.46. The largest absolute Gasteiger partial charge is 0.416 e. The number of nitrogens with two attached hydrogens (primary N) is 1. The molecule has 0 radical (unpaired) electrons. The van der Waals surface area contributed by atoms with Crippen LogP contribution in [0.2, 0.25) is 25.2 Å². The van der Waals surface area contributed by atoms with Gasteiger partial charge in [-0.15, -0.1) is 0 Å². The van der Waals surface area contributed by atoms with Crippen LogP contribution in [0.25, 0.3) is 11.1 Å². The van der Waals surface area contributed by atoms with Crippen molar-refractivity contribution < 1.29 is 18.0 Å². The van der Waals surface area contributed by atoms with E-state index in [9.17, 15) is 18.0 Å². The monoisotopic (exact) mass is 527 g/mol. The van der Waals surface area contributed by atoms with Gasteiger partial charge in [0.2, 0.25) is 5.95 Å². The molecule has 1 atom stereocenters. The van der Waals surface area contributed by atoms with Crippen molar-refractivity contribution in [3.8, 4) is 11.1 Å². The third-order valence-corrected chi connectivity index (χ3v) is 10.2. The Morgan fingerprint density at radius 2 is 1.78 bits per heavy atom. The number of carbonyl (C=O) groups excluding carboxylic acids is 1. The molecule has 1 saturated heterocycles. The molecule has 2 heterocycles. The second-order valence-electron chi connectivity index (χ2n) is 10.3. The fourth-order valence-corrected chi connectivity index (χ4v) is 6.44. The number of rotatable bonds is 6. The van der Waals surface area contributed by atoms with E-state index in [1.165, 1.54) is 18.2 Å². The maximum atomic E-state index is 13.2. The highest BCUT2D eigenvalue weighted by atomic mass is 28.3. The van der Waals surface area contributed by atoms with Gasteiger partial charge in [-0.2, -0.15) is 13.2 Å². The van der Waals surface area contributed by atoms with Gasteiger partial charge >= 0.3 is 6.18 Å². The second-order valence-corrected chi connectivity index (χ2v) is 15.6. The standard InChI is InChI=1S/C27H32F3N5OSi/c1-18(33-25(36)24-10-11-32-26(34-24)35-12-14-37(2,3)15-13-35)19-4-6-20(7-5-19)23-16-22(27(28,29)30)9-8-21(23)17-31/h4-11,16,18H,12-15,17,31H2,1-3H3,(H,33,36)/t18-/m1/s1. The zero-order chi connectivity index (χ0) is 26.8. The van der Waals surface area contributed by atoms with Gasteiger partial charge in [0, 0.05) is 25.8 Å². The lowest BCUT2D eigenvalue weighted by Gasteiger charge is -2.35. The van der Waals surface area contributed by atoms with Crippen LogP contribution >= 0.6 is 0 Å². The number of hydrogen-bond acceptors (Lipinski definition) is 5. The minimum atomic E-state index is -4.44. The number of anilines is 1. The van der Waals surface area contributed by atoms with Crippen LogP contribution in [0, 0.1) is 0 Å². The molecule has 37 heavy (non-hydrogen) atoms. The molecular formula is C27H32F3N5OSi. The van der Waals surface area contributed by atoms with Gasteiger partial charge in [-0.25, -0.2) is 9.97 Å².